The zero-order chi connectivity index (χ0) is 13.6. The van der Waals surface area contributed by atoms with E-state index in [1.54, 1.807) is 0 Å². The minimum atomic E-state index is -0.811. The summed E-state index contributed by atoms with van der Waals surface area (Å²) in [4.78, 5) is 21.0. The van der Waals surface area contributed by atoms with Crippen LogP contribution in [0.3, 0.4) is 0 Å². The number of benzene rings is 1. The number of ether oxygens (including phenoxy) is 1. The Bertz CT molecular complexity index is 435. The van der Waals surface area contributed by atoms with E-state index >= 15 is 0 Å². The molecule has 0 heterocycles. The number of carbonyl (C=O) groups is 1. The molecular weight excluding hydrogens is 269 g/mol. The van der Waals surface area contributed by atoms with Crippen LogP contribution in [0.1, 0.15) is 24.2 Å². The van der Waals surface area contributed by atoms with Crippen molar-refractivity contribution >= 4 is 34.9 Å². The second-order valence-corrected chi connectivity index (χ2v) is 3.29. The molecule has 0 aliphatic carbocycles. The third kappa shape index (κ3) is 3.57. The van der Waals surface area contributed by atoms with Gasteiger partial charge in [-0.2, -0.15) is 0 Å². The fraction of sp³-hybridized carbons (Fsp3) is 0.300. The number of nitrogens with zero attached hydrogens (tertiary/aromatic N) is 1. The van der Waals surface area contributed by atoms with Crippen molar-refractivity contribution in [2.24, 2.45) is 0 Å². The molecule has 0 fully saturated rings. The highest BCUT2D eigenvalue weighted by atomic mass is 35.5. The van der Waals surface area contributed by atoms with Gasteiger partial charge in [0, 0.05) is 6.07 Å². The molecule has 1 aromatic rings. The maximum absolute atomic E-state index is 11.2. The summed E-state index contributed by atoms with van der Waals surface area (Å²) in [5.74, 6) is -0.811. The van der Waals surface area contributed by atoms with Crippen molar-refractivity contribution in [3.63, 3.8) is 0 Å². The van der Waals surface area contributed by atoms with Crippen molar-refractivity contribution in [2.75, 3.05) is 7.11 Å². The Kier molecular flexibility index (Phi) is 6.53. The lowest BCUT2D eigenvalue weighted by atomic mass is 10.2. The molecule has 94 valence electrons. The van der Waals surface area contributed by atoms with Gasteiger partial charge in [0.15, 0.2) is 0 Å². The first kappa shape index (κ1) is 15.7. The minimum Gasteiger partial charge on any atom is -0.465 e. The summed E-state index contributed by atoms with van der Waals surface area (Å²) in [7, 11) is 1.13. The quantitative estimate of drug-likeness (QED) is 0.470. The normalized spacial score (nSPS) is 9.00. The van der Waals surface area contributed by atoms with Crippen LogP contribution < -0.4 is 0 Å². The molecule has 0 atom stereocenters. The van der Waals surface area contributed by atoms with E-state index in [1.165, 1.54) is 6.07 Å². The molecule has 7 heteroatoms. The zero-order valence-electron chi connectivity index (χ0n) is 9.49. The lowest BCUT2D eigenvalue weighted by molar-refractivity contribution is -0.384. The molecule has 0 radical (unpaired) electrons. The number of rotatable bonds is 2. The summed E-state index contributed by atoms with van der Waals surface area (Å²) in [5.41, 5.74) is -0.587. The van der Waals surface area contributed by atoms with Crippen LogP contribution in [0.2, 0.25) is 10.0 Å². The number of hydrogen-bond donors (Lipinski definition) is 0. The summed E-state index contributed by atoms with van der Waals surface area (Å²) in [6, 6.07) is 2.34. The Morgan fingerprint density at radius 2 is 1.88 bits per heavy atom. The van der Waals surface area contributed by atoms with Crippen LogP contribution in [0.5, 0.6) is 0 Å². The van der Waals surface area contributed by atoms with E-state index in [0.29, 0.717) is 0 Å². The van der Waals surface area contributed by atoms with Gasteiger partial charge in [0.2, 0.25) is 0 Å². The molecule has 0 aromatic heterocycles. The first-order chi connectivity index (χ1) is 7.99. The molecule has 0 amide bonds. The van der Waals surface area contributed by atoms with Gasteiger partial charge in [-0.05, 0) is 6.07 Å². The molecule has 0 aliphatic rings. The van der Waals surface area contributed by atoms with E-state index in [-0.39, 0.29) is 21.3 Å². The molecule has 0 aliphatic heterocycles. The largest absolute Gasteiger partial charge is 0.465 e. The Morgan fingerprint density at radius 3 is 2.29 bits per heavy atom. The van der Waals surface area contributed by atoms with Crippen LogP contribution >= 0.6 is 23.2 Å². The second kappa shape index (κ2) is 7.09. The number of nitro benzene ring substituents is 1. The number of esters is 1. The van der Waals surface area contributed by atoms with E-state index < -0.39 is 10.9 Å². The molecule has 1 rings (SSSR count). The lowest BCUT2D eigenvalue weighted by Gasteiger charge is -2.04. The summed E-state index contributed by atoms with van der Waals surface area (Å²) in [5, 5.41) is 10.2. The van der Waals surface area contributed by atoms with E-state index in [0.717, 1.165) is 13.2 Å². The van der Waals surface area contributed by atoms with Crippen LogP contribution in [0.25, 0.3) is 0 Å². The minimum absolute atomic E-state index is 0.0115. The topological polar surface area (TPSA) is 69.4 Å². The molecule has 0 unspecified atom stereocenters. The highest BCUT2D eigenvalue weighted by Crippen LogP contribution is 2.33. The molecule has 17 heavy (non-hydrogen) atoms. The molecule has 0 saturated carbocycles. The molecule has 0 spiro atoms. The van der Waals surface area contributed by atoms with Crippen LogP contribution in [-0.2, 0) is 4.74 Å². The van der Waals surface area contributed by atoms with Gasteiger partial charge in [-0.3, -0.25) is 10.1 Å². The third-order valence-electron chi connectivity index (χ3n) is 1.66. The van der Waals surface area contributed by atoms with E-state index in [2.05, 4.69) is 4.74 Å². The van der Waals surface area contributed by atoms with Crippen LogP contribution in [0.15, 0.2) is 12.1 Å². The first-order valence-corrected chi connectivity index (χ1v) is 5.45. The summed E-state index contributed by atoms with van der Waals surface area (Å²) >= 11 is 11.3. The van der Waals surface area contributed by atoms with Gasteiger partial charge in [-0.15, -0.1) is 0 Å². The SMILES string of the molecule is CC.COC(=O)c1c(Cl)ccc([N+](=O)[O-])c1Cl. The molecule has 5 nitrogen and oxygen atoms in total. The fourth-order valence-electron chi connectivity index (χ4n) is 0.972. The summed E-state index contributed by atoms with van der Waals surface area (Å²) < 4.78 is 4.40. The first-order valence-electron chi connectivity index (χ1n) is 4.69. The predicted molar refractivity (Wildman–Crippen MR) is 65.8 cm³/mol. The number of carbonyl (C=O) groups excluding carboxylic acids is 1. The maximum atomic E-state index is 11.2. The van der Waals surface area contributed by atoms with Gasteiger partial charge in [0.1, 0.15) is 10.6 Å². The average molecular weight is 280 g/mol. The van der Waals surface area contributed by atoms with Crippen molar-refractivity contribution in [3.8, 4) is 0 Å². The number of halogens is 2. The van der Waals surface area contributed by atoms with Gasteiger partial charge in [-0.1, -0.05) is 37.0 Å². The van der Waals surface area contributed by atoms with E-state index in [9.17, 15) is 14.9 Å². The smallest absolute Gasteiger partial charge is 0.341 e. The van der Waals surface area contributed by atoms with Gasteiger partial charge in [0.25, 0.3) is 5.69 Å². The average Bonchev–Trinajstić information content (AvgIpc) is 2.30. The third-order valence-corrected chi connectivity index (χ3v) is 2.35. The van der Waals surface area contributed by atoms with Crippen molar-refractivity contribution < 1.29 is 14.5 Å². The fourth-order valence-corrected chi connectivity index (χ4v) is 1.57. The van der Waals surface area contributed by atoms with Crippen molar-refractivity contribution in [1.29, 1.82) is 0 Å². The van der Waals surface area contributed by atoms with Gasteiger partial charge >= 0.3 is 5.97 Å². The Morgan fingerprint density at radius 1 is 1.35 bits per heavy atom. The van der Waals surface area contributed by atoms with Gasteiger partial charge < -0.3 is 4.74 Å². The maximum Gasteiger partial charge on any atom is 0.341 e. The van der Waals surface area contributed by atoms with Gasteiger partial charge in [-0.25, -0.2) is 4.79 Å². The van der Waals surface area contributed by atoms with Gasteiger partial charge in [0.05, 0.1) is 17.1 Å². The van der Waals surface area contributed by atoms with Crippen LogP contribution in [0.4, 0.5) is 5.69 Å². The molecular formula is C10H11Cl2NO4. The van der Waals surface area contributed by atoms with Crippen molar-refractivity contribution in [2.45, 2.75) is 13.8 Å². The van der Waals surface area contributed by atoms with Crippen LogP contribution in [0, 0.1) is 10.1 Å². The standard InChI is InChI=1S/C8H5Cl2NO4.C2H6/c1-15-8(12)6-4(9)2-3-5(7(6)10)11(13)14;1-2/h2-3H,1H3;1-2H3. The predicted octanol–water partition coefficient (Wildman–Crippen LogP) is 3.71. The monoisotopic (exact) mass is 279 g/mol. The van der Waals surface area contributed by atoms with E-state index in [4.69, 9.17) is 23.2 Å². The number of hydrogen-bond acceptors (Lipinski definition) is 4. The summed E-state index contributed by atoms with van der Waals surface area (Å²) in [6.45, 7) is 4.00. The lowest BCUT2D eigenvalue weighted by Crippen LogP contribution is -2.04. The Hall–Kier alpha value is -1.33. The van der Waals surface area contributed by atoms with Crippen LogP contribution in [-0.4, -0.2) is 18.0 Å². The van der Waals surface area contributed by atoms with E-state index in [1.807, 2.05) is 13.8 Å². The molecule has 0 saturated heterocycles. The zero-order valence-corrected chi connectivity index (χ0v) is 11.0. The number of nitro groups is 1. The highest BCUT2D eigenvalue weighted by molar-refractivity contribution is 6.40. The summed E-state index contributed by atoms with van der Waals surface area (Å²) in [6.07, 6.45) is 0. The Labute approximate surface area is 108 Å². The number of methoxy groups -OCH3 is 1. The van der Waals surface area contributed by atoms with Crippen molar-refractivity contribution in [3.05, 3.63) is 37.9 Å². The molecule has 0 N–H and O–H groups in total. The highest BCUT2D eigenvalue weighted by Gasteiger charge is 2.23. The Balaban J connectivity index is 0.00000121. The van der Waals surface area contributed by atoms with Crippen molar-refractivity contribution in [1.82, 2.24) is 0 Å². The molecule has 1 aromatic carbocycles. The molecule has 0 bridgehead atoms. The second-order valence-electron chi connectivity index (χ2n) is 2.50.